The van der Waals surface area contributed by atoms with Gasteiger partial charge < -0.3 is 5.32 Å². The maximum absolute atomic E-state index is 13.5. The Morgan fingerprint density at radius 3 is 2.19 bits per heavy atom. The Labute approximate surface area is 183 Å². The lowest BCUT2D eigenvalue weighted by Gasteiger charge is -2.16. The fourth-order valence-electron chi connectivity index (χ4n) is 3.79. The van der Waals surface area contributed by atoms with E-state index in [-0.39, 0.29) is 18.4 Å². The number of hydrogen-bond donors (Lipinski definition) is 1. The topological polar surface area (TPSA) is 49.4 Å². The lowest BCUT2D eigenvalue weighted by molar-refractivity contribution is -0.137. The summed E-state index contributed by atoms with van der Waals surface area (Å²) in [6.07, 6.45) is 0. The van der Waals surface area contributed by atoms with E-state index in [0.29, 0.717) is 11.3 Å². The Hall–Kier alpha value is -3.66. The van der Waals surface area contributed by atoms with Gasteiger partial charge >= 0.3 is 0 Å². The molecule has 156 valence electrons. The van der Waals surface area contributed by atoms with E-state index in [0.717, 1.165) is 39.1 Å². The average Bonchev–Trinajstić information content (AvgIpc) is 2.98. The van der Waals surface area contributed by atoms with Crippen molar-refractivity contribution < 1.29 is 9.59 Å². The monoisotopic (exact) mass is 410 g/mol. The third-order valence-corrected chi connectivity index (χ3v) is 6.01. The Morgan fingerprint density at radius 1 is 0.742 bits per heavy atom. The highest BCUT2D eigenvalue weighted by Gasteiger charge is 2.39. The second-order valence-electron chi connectivity index (χ2n) is 8.10. The van der Waals surface area contributed by atoms with Crippen molar-refractivity contribution in [3.8, 4) is 0 Å². The molecule has 0 aliphatic carbocycles. The molecule has 0 radical (unpaired) electrons. The zero-order chi connectivity index (χ0) is 22.1. The van der Waals surface area contributed by atoms with Gasteiger partial charge in [-0.2, -0.15) is 0 Å². The second kappa shape index (κ2) is 8.23. The van der Waals surface area contributed by atoms with Gasteiger partial charge in [0.15, 0.2) is 0 Å². The van der Waals surface area contributed by atoms with E-state index >= 15 is 0 Å². The van der Waals surface area contributed by atoms with Crippen molar-refractivity contribution in [3.05, 3.63) is 106 Å². The SMILES string of the molecule is Cc1ccc(C2=C(Nc3cccc(C)c3C)C(=O)N(Cc3ccccc3)C2=O)cc1C. The van der Waals surface area contributed by atoms with Crippen molar-refractivity contribution in [2.24, 2.45) is 0 Å². The van der Waals surface area contributed by atoms with E-state index in [1.807, 2.05) is 94.4 Å². The molecule has 0 unspecified atom stereocenters. The molecule has 1 aliphatic heterocycles. The number of rotatable bonds is 5. The number of hydrogen-bond acceptors (Lipinski definition) is 3. The summed E-state index contributed by atoms with van der Waals surface area (Å²) in [5, 5.41) is 3.30. The molecule has 1 N–H and O–H groups in total. The van der Waals surface area contributed by atoms with E-state index in [2.05, 4.69) is 5.32 Å². The fraction of sp³-hybridized carbons (Fsp3) is 0.185. The molecular weight excluding hydrogens is 384 g/mol. The van der Waals surface area contributed by atoms with Crippen LogP contribution in [0, 0.1) is 27.7 Å². The lowest BCUT2D eigenvalue weighted by atomic mass is 9.99. The first-order valence-corrected chi connectivity index (χ1v) is 10.4. The number of nitrogens with one attached hydrogen (secondary N) is 1. The maximum Gasteiger partial charge on any atom is 0.278 e. The van der Waals surface area contributed by atoms with Gasteiger partial charge in [-0.1, -0.05) is 60.7 Å². The molecule has 2 amide bonds. The second-order valence-corrected chi connectivity index (χ2v) is 8.10. The van der Waals surface area contributed by atoms with Gasteiger partial charge in [0, 0.05) is 5.69 Å². The van der Waals surface area contributed by atoms with Gasteiger partial charge in [-0.15, -0.1) is 0 Å². The van der Waals surface area contributed by atoms with E-state index < -0.39 is 0 Å². The zero-order valence-corrected chi connectivity index (χ0v) is 18.3. The Morgan fingerprint density at radius 2 is 1.48 bits per heavy atom. The van der Waals surface area contributed by atoms with Crippen LogP contribution in [0.15, 0.2) is 72.4 Å². The summed E-state index contributed by atoms with van der Waals surface area (Å²) < 4.78 is 0. The molecule has 3 aromatic rings. The number of aryl methyl sites for hydroxylation is 3. The van der Waals surface area contributed by atoms with Crippen LogP contribution in [-0.2, 0) is 16.1 Å². The number of nitrogens with zero attached hydrogens (tertiary/aromatic N) is 1. The number of imide groups is 1. The molecule has 1 heterocycles. The van der Waals surface area contributed by atoms with Crippen LogP contribution in [0.25, 0.3) is 5.57 Å². The summed E-state index contributed by atoms with van der Waals surface area (Å²) in [6.45, 7) is 8.33. The molecule has 0 bridgehead atoms. The minimum Gasteiger partial charge on any atom is -0.350 e. The molecule has 4 nitrogen and oxygen atoms in total. The number of anilines is 1. The Bertz CT molecular complexity index is 1210. The molecular formula is C27H26N2O2. The minimum atomic E-state index is -0.303. The van der Waals surface area contributed by atoms with E-state index in [1.165, 1.54) is 4.90 Å². The predicted molar refractivity (Wildman–Crippen MR) is 124 cm³/mol. The molecule has 31 heavy (non-hydrogen) atoms. The molecule has 0 spiro atoms. The third-order valence-electron chi connectivity index (χ3n) is 6.01. The van der Waals surface area contributed by atoms with Crippen molar-refractivity contribution in [2.45, 2.75) is 34.2 Å². The van der Waals surface area contributed by atoms with Gasteiger partial charge in [-0.05, 0) is 67.1 Å². The standard InChI is InChI=1S/C27H26N2O2/c1-17-13-14-22(15-19(17)3)24-25(28-23-12-8-9-18(2)20(23)4)27(31)29(26(24)30)16-21-10-6-5-7-11-21/h5-15,28H,16H2,1-4H3. The van der Waals surface area contributed by atoms with Crippen molar-refractivity contribution in [1.82, 2.24) is 4.90 Å². The number of carbonyl (C=O) groups excluding carboxylic acids is 2. The molecule has 4 heteroatoms. The summed E-state index contributed by atoms with van der Waals surface area (Å²) in [7, 11) is 0. The summed E-state index contributed by atoms with van der Waals surface area (Å²) in [5.41, 5.74) is 7.65. The molecule has 0 aromatic heterocycles. The van der Waals surface area contributed by atoms with Crippen LogP contribution in [0.4, 0.5) is 5.69 Å². The minimum absolute atomic E-state index is 0.241. The number of carbonyl (C=O) groups is 2. The van der Waals surface area contributed by atoms with Gasteiger partial charge in [0.1, 0.15) is 5.70 Å². The largest absolute Gasteiger partial charge is 0.350 e. The van der Waals surface area contributed by atoms with Crippen molar-refractivity contribution >= 4 is 23.1 Å². The molecule has 3 aromatic carbocycles. The van der Waals surface area contributed by atoms with Gasteiger partial charge in [0.2, 0.25) is 0 Å². The molecule has 4 rings (SSSR count). The number of benzene rings is 3. The zero-order valence-electron chi connectivity index (χ0n) is 18.3. The maximum atomic E-state index is 13.5. The van der Waals surface area contributed by atoms with Crippen LogP contribution in [-0.4, -0.2) is 16.7 Å². The average molecular weight is 411 g/mol. The highest BCUT2D eigenvalue weighted by molar-refractivity contribution is 6.36. The first-order chi connectivity index (χ1) is 14.9. The van der Waals surface area contributed by atoms with Gasteiger partial charge in [-0.3, -0.25) is 14.5 Å². The van der Waals surface area contributed by atoms with Crippen LogP contribution < -0.4 is 5.32 Å². The Kier molecular flexibility index (Phi) is 5.47. The van der Waals surface area contributed by atoms with Crippen molar-refractivity contribution in [1.29, 1.82) is 0 Å². The van der Waals surface area contributed by atoms with Crippen LogP contribution >= 0.6 is 0 Å². The summed E-state index contributed by atoms with van der Waals surface area (Å²) in [4.78, 5) is 28.2. The normalized spacial score (nSPS) is 13.9. The molecule has 0 saturated heterocycles. The summed E-state index contributed by atoms with van der Waals surface area (Å²) in [5.74, 6) is -0.576. The molecule has 0 atom stereocenters. The van der Waals surface area contributed by atoms with Gasteiger partial charge in [-0.25, -0.2) is 0 Å². The molecule has 0 saturated carbocycles. The number of amides is 2. The van der Waals surface area contributed by atoms with E-state index in [4.69, 9.17) is 0 Å². The Balaban J connectivity index is 1.80. The smallest absolute Gasteiger partial charge is 0.278 e. The first kappa shape index (κ1) is 20.6. The third kappa shape index (κ3) is 3.89. The van der Waals surface area contributed by atoms with Crippen LogP contribution in [0.1, 0.15) is 33.4 Å². The molecule has 1 aliphatic rings. The first-order valence-electron chi connectivity index (χ1n) is 10.4. The van der Waals surface area contributed by atoms with Gasteiger partial charge in [0.05, 0.1) is 12.1 Å². The van der Waals surface area contributed by atoms with E-state index in [9.17, 15) is 9.59 Å². The van der Waals surface area contributed by atoms with Crippen LogP contribution in [0.3, 0.4) is 0 Å². The predicted octanol–water partition coefficient (Wildman–Crippen LogP) is 5.31. The lowest BCUT2D eigenvalue weighted by Crippen LogP contribution is -2.32. The van der Waals surface area contributed by atoms with Crippen molar-refractivity contribution in [2.75, 3.05) is 5.32 Å². The molecule has 0 fully saturated rings. The highest BCUT2D eigenvalue weighted by Crippen LogP contribution is 2.33. The van der Waals surface area contributed by atoms with E-state index in [1.54, 1.807) is 0 Å². The fourth-order valence-corrected chi connectivity index (χ4v) is 3.79. The quantitative estimate of drug-likeness (QED) is 0.580. The highest BCUT2D eigenvalue weighted by atomic mass is 16.2. The van der Waals surface area contributed by atoms with Gasteiger partial charge in [0.25, 0.3) is 11.8 Å². The van der Waals surface area contributed by atoms with Crippen molar-refractivity contribution in [3.63, 3.8) is 0 Å². The van der Waals surface area contributed by atoms with Crippen LogP contribution in [0.5, 0.6) is 0 Å². The summed E-state index contributed by atoms with van der Waals surface area (Å²) in [6, 6.07) is 21.4. The van der Waals surface area contributed by atoms with Crippen LogP contribution in [0.2, 0.25) is 0 Å². The summed E-state index contributed by atoms with van der Waals surface area (Å²) >= 11 is 0.